The molecular weight excluding hydrogens is 328 g/mol. The molecule has 2 nitrogen and oxygen atoms in total. The van der Waals surface area contributed by atoms with Gasteiger partial charge in [0.15, 0.2) is 0 Å². The van der Waals surface area contributed by atoms with E-state index in [1.807, 2.05) is 18.2 Å². The maximum atomic E-state index is 6.41. The van der Waals surface area contributed by atoms with Crippen LogP contribution in [0, 0.1) is 0 Å². The lowest BCUT2D eigenvalue weighted by Gasteiger charge is -2.13. The number of unbranched alkanes of at least 4 members (excludes halogenated alkanes) is 2. The monoisotopic (exact) mass is 348 g/mol. The summed E-state index contributed by atoms with van der Waals surface area (Å²) >= 11 is 9.94. The van der Waals surface area contributed by atoms with Gasteiger partial charge in [-0.15, -0.1) is 11.6 Å². The Morgan fingerprint density at radius 1 is 1.26 bits per heavy atom. The summed E-state index contributed by atoms with van der Waals surface area (Å²) in [6, 6.07) is 6.05. The normalized spacial score (nSPS) is 12.4. The van der Waals surface area contributed by atoms with Crippen LogP contribution in [0.5, 0.6) is 5.75 Å². The van der Waals surface area contributed by atoms with Crippen LogP contribution in [0.2, 0.25) is 0 Å². The second-order valence-electron chi connectivity index (χ2n) is 4.49. The van der Waals surface area contributed by atoms with Crippen LogP contribution in [-0.2, 0) is 4.74 Å². The smallest absolute Gasteiger partial charge is 0.133 e. The lowest BCUT2D eigenvalue weighted by atomic mass is 10.1. The van der Waals surface area contributed by atoms with Gasteiger partial charge in [0.25, 0.3) is 0 Å². The predicted molar refractivity (Wildman–Crippen MR) is 84.2 cm³/mol. The van der Waals surface area contributed by atoms with Crippen molar-refractivity contribution in [3.63, 3.8) is 0 Å². The summed E-state index contributed by atoms with van der Waals surface area (Å²) in [6.07, 6.45) is 4.66. The van der Waals surface area contributed by atoms with Gasteiger partial charge in [0.05, 0.1) is 16.5 Å². The minimum atomic E-state index is 0.0795. The van der Waals surface area contributed by atoms with Gasteiger partial charge in [0, 0.05) is 7.11 Å². The molecule has 4 heteroatoms. The Balaban J connectivity index is 2.54. The molecule has 0 fully saturated rings. The number of alkyl halides is 1. The average Bonchev–Trinajstić information content (AvgIpc) is 2.41. The van der Waals surface area contributed by atoms with E-state index in [0.717, 1.165) is 22.2 Å². The fraction of sp³-hybridized carbons (Fsp3) is 0.600. The van der Waals surface area contributed by atoms with Crippen molar-refractivity contribution in [1.82, 2.24) is 0 Å². The molecule has 0 N–H and O–H groups in total. The topological polar surface area (TPSA) is 18.5 Å². The van der Waals surface area contributed by atoms with E-state index in [-0.39, 0.29) is 5.38 Å². The number of rotatable bonds is 9. The number of halogens is 2. The zero-order chi connectivity index (χ0) is 14.1. The molecule has 0 amide bonds. The molecule has 0 aliphatic rings. The highest BCUT2D eigenvalue weighted by atomic mass is 79.9. The standard InChI is InChI=1S/C15H22BrClO2/c1-3-4-5-6-14(17)12-7-8-15(13(16)11-12)19-10-9-18-2/h7-8,11,14H,3-6,9-10H2,1-2H3. The Hall–Kier alpha value is -0.250. The van der Waals surface area contributed by atoms with Crippen LogP contribution in [0.1, 0.15) is 43.5 Å². The second kappa shape index (κ2) is 9.62. The molecule has 0 heterocycles. The van der Waals surface area contributed by atoms with Gasteiger partial charge < -0.3 is 9.47 Å². The quantitative estimate of drug-likeness (QED) is 0.443. The highest BCUT2D eigenvalue weighted by Gasteiger charge is 2.10. The van der Waals surface area contributed by atoms with Crippen LogP contribution in [0.25, 0.3) is 0 Å². The molecule has 0 saturated heterocycles. The molecule has 0 aliphatic heterocycles. The molecule has 0 saturated carbocycles. The second-order valence-corrected chi connectivity index (χ2v) is 5.88. The largest absolute Gasteiger partial charge is 0.490 e. The molecule has 0 bridgehead atoms. The van der Waals surface area contributed by atoms with Gasteiger partial charge in [0.1, 0.15) is 12.4 Å². The summed E-state index contributed by atoms with van der Waals surface area (Å²) < 4.78 is 11.5. The minimum absolute atomic E-state index is 0.0795. The summed E-state index contributed by atoms with van der Waals surface area (Å²) in [6.45, 7) is 3.34. The molecule has 1 unspecified atom stereocenters. The van der Waals surface area contributed by atoms with Crippen molar-refractivity contribution in [1.29, 1.82) is 0 Å². The minimum Gasteiger partial charge on any atom is -0.490 e. The van der Waals surface area contributed by atoms with Gasteiger partial charge in [-0.1, -0.05) is 32.3 Å². The van der Waals surface area contributed by atoms with E-state index in [1.54, 1.807) is 7.11 Å². The number of hydrogen-bond acceptors (Lipinski definition) is 2. The Kier molecular flexibility index (Phi) is 8.51. The molecule has 19 heavy (non-hydrogen) atoms. The lowest BCUT2D eigenvalue weighted by molar-refractivity contribution is 0.146. The van der Waals surface area contributed by atoms with Crippen LogP contribution in [0.3, 0.4) is 0 Å². The Labute approximate surface area is 129 Å². The number of hydrogen-bond donors (Lipinski definition) is 0. The molecule has 0 aromatic heterocycles. The zero-order valence-corrected chi connectivity index (χ0v) is 14.0. The third-order valence-corrected chi connectivity index (χ3v) is 4.01. The van der Waals surface area contributed by atoms with E-state index in [0.29, 0.717) is 13.2 Å². The molecular formula is C15H22BrClO2. The third kappa shape index (κ3) is 6.15. The first kappa shape index (κ1) is 16.8. The molecule has 0 spiro atoms. The third-order valence-electron chi connectivity index (χ3n) is 2.92. The summed E-state index contributed by atoms with van der Waals surface area (Å²) in [5.41, 5.74) is 1.14. The van der Waals surface area contributed by atoms with E-state index in [2.05, 4.69) is 22.9 Å². The first-order chi connectivity index (χ1) is 9.19. The van der Waals surface area contributed by atoms with Gasteiger partial charge in [-0.2, -0.15) is 0 Å². The van der Waals surface area contributed by atoms with E-state index in [9.17, 15) is 0 Å². The molecule has 0 radical (unpaired) electrons. The fourth-order valence-electron chi connectivity index (χ4n) is 1.80. The van der Waals surface area contributed by atoms with Crippen LogP contribution < -0.4 is 4.74 Å². The van der Waals surface area contributed by atoms with Gasteiger partial charge >= 0.3 is 0 Å². The molecule has 108 valence electrons. The maximum absolute atomic E-state index is 6.41. The highest BCUT2D eigenvalue weighted by Crippen LogP contribution is 2.33. The first-order valence-electron chi connectivity index (χ1n) is 6.74. The summed E-state index contributed by atoms with van der Waals surface area (Å²) in [4.78, 5) is 0. The lowest BCUT2D eigenvalue weighted by Crippen LogP contribution is -2.04. The fourth-order valence-corrected chi connectivity index (χ4v) is 2.61. The summed E-state index contributed by atoms with van der Waals surface area (Å²) in [5.74, 6) is 0.832. The summed E-state index contributed by atoms with van der Waals surface area (Å²) in [7, 11) is 1.66. The Morgan fingerprint density at radius 3 is 2.68 bits per heavy atom. The van der Waals surface area contributed by atoms with Gasteiger partial charge in [-0.3, -0.25) is 0 Å². The van der Waals surface area contributed by atoms with Crippen molar-refractivity contribution in [3.8, 4) is 5.75 Å². The molecule has 0 aliphatic carbocycles. The average molecular weight is 350 g/mol. The molecule has 1 atom stereocenters. The first-order valence-corrected chi connectivity index (χ1v) is 7.97. The number of methoxy groups -OCH3 is 1. The molecule has 1 rings (SSSR count). The Morgan fingerprint density at radius 2 is 2.05 bits per heavy atom. The van der Waals surface area contributed by atoms with Gasteiger partial charge in [-0.05, 0) is 40.0 Å². The van der Waals surface area contributed by atoms with E-state index < -0.39 is 0 Å². The van der Waals surface area contributed by atoms with E-state index in [1.165, 1.54) is 19.3 Å². The molecule has 1 aromatic carbocycles. The van der Waals surface area contributed by atoms with Gasteiger partial charge in [-0.25, -0.2) is 0 Å². The van der Waals surface area contributed by atoms with E-state index >= 15 is 0 Å². The van der Waals surface area contributed by atoms with Crippen LogP contribution in [0.4, 0.5) is 0 Å². The van der Waals surface area contributed by atoms with Crippen molar-refractivity contribution in [2.75, 3.05) is 20.3 Å². The van der Waals surface area contributed by atoms with Crippen LogP contribution in [0.15, 0.2) is 22.7 Å². The van der Waals surface area contributed by atoms with Crippen molar-refractivity contribution in [3.05, 3.63) is 28.2 Å². The van der Waals surface area contributed by atoms with Crippen molar-refractivity contribution < 1.29 is 9.47 Å². The van der Waals surface area contributed by atoms with Gasteiger partial charge in [0.2, 0.25) is 0 Å². The number of benzene rings is 1. The highest BCUT2D eigenvalue weighted by molar-refractivity contribution is 9.10. The molecule has 1 aromatic rings. The summed E-state index contributed by atoms with van der Waals surface area (Å²) in [5, 5.41) is 0.0795. The maximum Gasteiger partial charge on any atom is 0.133 e. The zero-order valence-electron chi connectivity index (χ0n) is 11.6. The van der Waals surface area contributed by atoms with Crippen molar-refractivity contribution >= 4 is 27.5 Å². The van der Waals surface area contributed by atoms with Crippen molar-refractivity contribution in [2.45, 2.75) is 38.0 Å². The SMILES string of the molecule is CCCCCC(Cl)c1ccc(OCCOC)c(Br)c1. The number of ether oxygens (including phenoxy) is 2. The van der Waals surface area contributed by atoms with Crippen LogP contribution in [-0.4, -0.2) is 20.3 Å². The van der Waals surface area contributed by atoms with Crippen LogP contribution >= 0.6 is 27.5 Å². The predicted octanol–water partition coefficient (Wildman–Crippen LogP) is 5.33. The Bertz CT molecular complexity index is 371. The van der Waals surface area contributed by atoms with Crippen molar-refractivity contribution in [2.24, 2.45) is 0 Å². The van der Waals surface area contributed by atoms with E-state index in [4.69, 9.17) is 21.1 Å².